The molecule has 0 spiro atoms. The first-order chi connectivity index (χ1) is 8.33. The van der Waals surface area contributed by atoms with Crippen LogP contribution in [-0.4, -0.2) is 11.5 Å². The fraction of sp³-hybridized carbons (Fsp3) is 0.267. The second-order valence-electron chi connectivity index (χ2n) is 4.61. The number of fused-ring (bicyclic) bond motifs is 3. The molecule has 17 heavy (non-hydrogen) atoms. The van der Waals surface area contributed by atoms with Crippen LogP contribution in [-0.2, 0) is 0 Å². The number of hydrogen-bond donors (Lipinski definition) is 1. The number of nitrogens with two attached hydrogens (primary N) is 1. The molecular formula is C15H16N2. The number of aromatic nitrogens is 1. The number of pyridine rings is 1. The summed E-state index contributed by atoms with van der Waals surface area (Å²) in [6.07, 6.45) is 2.87. The first-order valence-corrected chi connectivity index (χ1v) is 6.08. The molecule has 1 aliphatic rings. The summed E-state index contributed by atoms with van der Waals surface area (Å²) in [5.74, 6) is 0.429. The van der Waals surface area contributed by atoms with E-state index in [9.17, 15) is 0 Å². The molecule has 0 bridgehead atoms. The minimum Gasteiger partial charge on any atom is -0.330 e. The average molecular weight is 224 g/mol. The van der Waals surface area contributed by atoms with Gasteiger partial charge in [-0.1, -0.05) is 24.3 Å². The average Bonchev–Trinajstić information content (AvgIpc) is 2.66. The number of hydrogen-bond acceptors (Lipinski definition) is 2. The number of aryl methyl sites for hydroxylation is 1. The summed E-state index contributed by atoms with van der Waals surface area (Å²) >= 11 is 0. The van der Waals surface area contributed by atoms with Crippen LogP contribution in [0.5, 0.6) is 0 Å². The van der Waals surface area contributed by atoms with E-state index in [2.05, 4.69) is 36.2 Å². The van der Waals surface area contributed by atoms with Crippen LogP contribution in [0.4, 0.5) is 0 Å². The van der Waals surface area contributed by atoms with Crippen LogP contribution in [0.1, 0.15) is 29.0 Å². The smallest absolute Gasteiger partial charge is 0.0745 e. The molecule has 1 aliphatic carbocycles. The fourth-order valence-electron chi connectivity index (χ4n) is 2.86. The van der Waals surface area contributed by atoms with E-state index in [1.165, 1.54) is 22.3 Å². The molecule has 0 amide bonds. The molecule has 0 saturated heterocycles. The van der Waals surface area contributed by atoms with Crippen LogP contribution in [0.25, 0.3) is 11.3 Å². The Kier molecular flexibility index (Phi) is 2.45. The molecule has 2 aromatic rings. The second-order valence-corrected chi connectivity index (χ2v) is 4.61. The van der Waals surface area contributed by atoms with Gasteiger partial charge in [0.25, 0.3) is 0 Å². The lowest BCUT2D eigenvalue weighted by molar-refractivity contribution is 0.739. The van der Waals surface area contributed by atoms with Gasteiger partial charge in [0.05, 0.1) is 5.69 Å². The highest BCUT2D eigenvalue weighted by atomic mass is 14.7. The van der Waals surface area contributed by atoms with Crippen molar-refractivity contribution in [3.63, 3.8) is 0 Å². The summed E-state index contributed by atoms with van der Waals surface area (Å²) in [5.41, 5.74) is 12.2. The summed E-state index contributed by atoms with van der Waals surface area (Å²) in [6, 6.07) is 10.7. The molecule has 2 heteroatoms. The highest BCUT2D eigenvalue weighted by Crippen LogP contribution is 2.46. The maximum atomic E-state index is 5.74. The van der Waals surface area contributed by atoms with Gasteiger partial charge in [-0.2, -0.15) is 0 Å². The molecular weight excluding hydrogens is 208 g/mol. The van der Waals surface area contributed by atoms with Crippen molar-refractivity contribution in [1.82, 2.24) is 4.98 Å². The maximum absolute atomic E-state index is 5.74. The first kappa shape index (κ1) is 10.5. The molecule has 1 aromatic carbocycles. The third kappa shape index (κ3) is 1.48. The molecule has 0 saturated carbocycles. The minimum absolute atomic E-state index is 0.429. The predicted molar refractivity (Wildman–Crippen MR) is 69.9 cm³/mol. The lowest BCUT2D eigenvalue weighted by Crippen LogP contribution is -2.06. The normalized spacial score (nSPS) is 16.7. The Labute approximate surface area is 102 Å². The Morgan fingerprint density at radius 3 is 2.82 bits per heavy atom. The molecule has 0 fully saturated rings. The second kappa shape index (κ2) is 3.97. The van der Waals surface area contributed by atoms with Crippen molar-refractivity contribution in [2.45, 2.75) is 19.3 Å². The van der Waals surface area contributed by atoms with Crippen molar-refractivity contribution < 1.29 is 0 Å². The Morgan fingerprint density at radius 1 is 1.18 bits per heavy atom. The first-order valence-electron chi connectivity index (χ1n) is 6.08. The Hall–Kier alpha value is -1.67. The van der Waals surface area contributed by atoms with Gasteiger partial charge in [-0.15, -0.1) is 0 Å². The van der Waals surface area contributed by atoms with E-state index >= 15 is 0 Å². The highest BCUT2D eigenvalue weighted by molar-refractivity contribution is 5.78. The van der Waals surface area contributed by atoms with Gasteiger partial charge in [0, 0.05) is 17.7 Å². The van der Waals surface area contributed by atoms with Crippen molar-refractivity contribution in [2.24, 2.45) is 5.73 Å². The molecule has 1 unspecified atom stereocenters. The molecule has 1 atom stereocenters. The van der Waals surface area contributed by atoms with E-state index in [-0.39, 0.29) is 0 Å². The predicted octanol–water partition coefficient (Wildman–Crippen LogP) is 2.85. The lowest BCUT2D eigenvalue weighted by atomic mass is 9.93. The molecule has 0 radical (unpaired) electrons. The van der Waals surface area contributed by atoms with Gasteiger partial charge in [-0.05, 0) is 42.6 Å². The van der Waals surface area contributed by atoms with Gasteiger partial charge in [0.2, 0.25) is 0 Å². The quantitative estimate of drug-likeness (QED) is 0.852. The summed E-state index contributed by atoms with van der Waals surface area (Å²) < 4.78 is 0. The zero-order chi connectivity index (χ0) is 11.8. The van der Waals surface area contributed by atoms with Gasteiger partial charge in [0.15, 0.2) is 0 Å². The van der Waals surface area contributed by atoms with Crippen LogP contribution < -0.4 is 5.73 Å². The highest BCUT2D eigenvalue weighted by Gasteiger charge is 2.29. The third-order valence-corrected chi connectivity index (χ3v) is 3.59. The largest absolute Gasteiger partial charge is 0.330 e. The van der Waals surface area contributed by atoms with Gasteiger partial charge >= 0.3 is 0 Å². The van der Waals surface area contributed by atoms with Gasteiger partial charge in [0.1, 0.15) is 0 Å². The summed E-state index contributed by atoms with van der Waals surface area (Å²) in [7, 11) is 0. The Balaban J connectivity index is 2.26. The van der Waals surface area contributed by atoms with E-state index in [4.69, 9.17) is 5.73 Å². The van der Waals surface area contributed by atoms with Gasteiger partial charge < -0.3 is 5.73 Å². The third-order valence-electron chi connectivity index (χ3n) is 3.59. The van der Waals surface area contributed by atoms with E-state index in [0.717, 1.165) is 12.1 Å². The van der Waals surface area contributed by atoms with Crippen molar-refractivity contribution in [3.05, 3.63) is 53.2 Å². The topological polar surface area (TPSA) is 38.9 Å². The van der Waals surface area contributed by atoms with Crippen molar-refractivity contribution in [2.75, 3.05) is 6.54 Å². The van der Waals surface area contributed by atoms with E-state index < -0.39 is 0 Å². The van der Waals surface area contributed by atoms with Crippen LogP contribution in [0.2, 0.25) is 0 Å². The lowest BCUT2D eigenvalue weighted by Gasteiger charge is -2.11. The van der Waals surface area contributed by atoms with Crippen LogP contribution >= 0.6 is 0 Å². The molecule has 2 nitrogen and oxygen atoms in total. The van der Waals surface area contributed by atoms with E-state index in [1.807, 2.05) is 12.3 Å². The summed E-state index contributed by atoms with van der Waals surface area (Å²) in [5, 5.41) is 0. The minimum atomic E-state index is 0.429. The molecule has 86 valence electrons. The Morgan fingerprint density at radius 2 is 2.00 bits per heavy atom. The zero-order valence-corrected chi connectivity index (χ0v) is 9.98. The number of rotatable bonds is 2. The van der Waals surface area contributed by atoms with Crippen LogP contribution in [0.3, 0.4) is 0 Å². The molecule has 0 aliphatic heterocycles. The van der Waals surface area contributed by atoms with E-state index in [1.54, 1.807) is 0 Å². The SMILES string of the molecule is Cc1cccc2c1-c1ncccc1C2CCN. The van der Waals surface area contributed by atoms with E-state index in [0.29, 0.717) is 12.5 Å². The fourth-order valence-corrected chi connectivity index (χ4v) is 2.86. The van der Waals surface area contributed by atoms with Crippen LogP contribution in [0.15, 0.2) is 36.5 Å². The van der Waals surface area contributed by atoms with Crippen molar-refractivity contribution in [3.8, 4) is 11.3 Å². The Bertz CT molecular complexity index is 561. The molecule has 3 rings (SSSR count). The van der Waals surface area contributed by atoms with Gasteiger partial charge in [-0.3, -0.25) is 4.98 Å². The van der Waals surface area contributed by atoms with Gasteiger partial charge in [-0.25, -0.2) is 0 Å². The number of nitrogens with zero attached hydrogens (tertiary/aromatic N) is 1. The zero-order valence-electron chi connectivity index (χ0n) is 9.98. The van der Waals surface area contributed by atoms with Crippen molar-refractivity contribution >= 4 is 0 Å². The molecule has 2 N–H and O–H groups in total. The summed E-state index contributed by atoms with van der Waals surface area (Å²) in [6.45, 7) is 2.87. The maximum Gasteiger partial charge on any atom is 0.0745 e. The molecule has 1 heterocycles. The number of benzene rings is 1. The standard InChI is InChI=1S/C15H16N2/c1-10-4-2-5-12-11(7-8-16)13-6-3-9-17-15(13)14(10)12/h2-6,9,11H,7-8,16H2,1H3. The van der Waals surface area contributed by atoms with Crippen molar-refractivity contribution in [1.29, 1.82) is 0 Å². The monoisotopic (exact) mass is 224 g/mol. The molecule has 1 aromatic heterocycles. The summed E-state index contributed by atoms with van der Waals surface area (Å²) in [4.78, 5) is 4.55. The van der Waals surface area contributed by atoms with Crippen LogP contribution in [0, 0.1) is 6.92 Å².